The van der Waals surface area contributed by atoms with Gasteiger partial charge in [0, 0.05) is 18.4 Å². The second kappa shape index (κ2) is 14.9. The fraction of sp³-hybridized carbons (Fsp3) is 0.531. The molecule has 0 aromatic heterocycles. The number of fused-ring (bicyclic) bond motifs is 2. The number of hydrogen-bond donors (Lipinski definition) is 3. The smallest absolute Gasteiger partial charge is 0.463 e. The minimum absolute atomic E-state index is 0.0909. The highest BCUT2D eigenvalue weighted by Crippen LogP contribution is 2.45. The first-order chi connectivity index (χ1) is 19.3. The van der Waals surface area contributed by atoms with Crippen LogP contribution in [0.1, 0.15) is 57.9 Å². The molecule has 7 nitrogen and oxygen atoms in total. The number of esters is 1. The van der Waals surface area contributed by atoms with Crippen molar-refractivity contribution in [2.24, 2.45) is 11.8 Å². The first-order valence-electron chi connectivity index (χ1n) is 14.6. The highest BCUT2D eigenvalue weighted by molar-refractivity contribution is 6.61. The highest BCUT2D eigenvalue weighted by atomic mass is 16.6. The molecule has 7 atom stereocenters. The Morgan fingerprint density at radius 1 is 1.00 bits per heavy atom. The van der Waals surface area contributed by atoms with Gasteiger partial charge in [-0.1, -0.05) is 72.8 Å². The van der Waals surface area contributed by atoms with Gasteiger partial charge in [0.1, 0.15) is 6.10 Å². The van der Waals surface area contributed by atoms with Crippen molar-refractivity contribution in [1.29, 1.82) is 0 Å². The Bertz CT molecular complexity index is 1060. The monoisotopic (exact) mass is 550 g/mol. The van der Waals surface area contributed by atoms with Gasteiger partial charge in [0.15, 0.2) is 0 Å². The summed E-state index contributed by atoms with van der Waals surface area (Å²) in [4.78, 5) is 11.8. The fourth-order valence-corrected chi connectivity index (χ4v) is 5.93. The number of unbranched alkanes of at least 4 members (excludes halogenated alkanes) is 1. The van der Waals surface area contributed by atoms with E-state index in [4.69, 9.17) is 14.0 Å². The number of aryl methyl sites for hydroxylation is 1. The maximum atomic E-state index is 11.8. The zero-order chi connectivity index (χ0) is 28.5. The third-order valence-corrected chi connectivity index (χ3v) is 7.94. The number of aliphatic hydroxyl groups is 3. The molecule has 1 aliphatic carbocycles. The number of aliphatic hydroxyl groups excluding tert-OH is 3. The van der Waals surface area contributed by atoms with Gasteiger partial charge in [-0.25, -0.2) is 0 Å². The van der Waals surface area contributed by atoms with Crippen LogP contribution >= 0.6 is 0 Å². The van der Waals surface area contributed by atoms with Gasteiger partial charge in [-0.3, -0.25) is 4.79 Å². The molecule has 1 heterocycles. The lowest BCUT2D eigenvalue weighted by atomic mass is 9.77. The minimum atomic E-state index is -1.30. The summed E-state index contributed by atoms with van der Waals surface area (Å²) < 4.78 is 17.9. The highest BCUT2D eigenvalue weighted by Gasteiger charge is 2.54. The van der Waals surface area contributed by atoms with Crippen LogP contribution in [0.25, 0.3) is 0 Å². The molecule has 0 unspecified atom stereocenters. The van der Waals surface area contributed by atoms with Gasteiger partial charge in [0.05, 0.1) is 24.4 Å². The summed E-state index contributed by atoms with van der Waals surface area (Å²) in [5.41, 5.74) is 1.99. The average Bonchev–Trinajstić information content (AvgIpc) is 3.21. The van der Waals surface area contributed by atoms with E-state index in [0.717, 1.165) is 17.4 Å². The molecule has 2 aromatic carbocycles. The molecule has 2 fully saturated rings. The number of rotatable bonds is 14. The van der Waals surface area contributed by atoms with Crippen LogP contribution in [0.4, 0.5) is 0 Å². The molecule has 0 amide bonds. The third kappa shape index (κ3) is 8.27. The predicted molar refractivity (Wildman–Crippen MR) is 155 cm³/mol. The Kier molecular flexibility index (Phi) is 11.4. The molecule has 3 N–H and O–H groups in total. The maximum absolute atomic E-state index is 11.8. The number of carbonyl (C=O) groups is 1. The predicted octanol–water partition coefficient (Wildman–Crippen LogP) is 3.59. The average molecular weight is 551 g/mol. The fourth-order valence-electron chi connectivity index (χ4n) is 5.93. The van der Waals surface area contributed by atoms with Crippen LogP contribution < -0.4 is 5.46 Å². The standard InChI is InChI=1S/C32H43BO7/c1-22(2)38-29(35)18-12-4-3-11-17-25-27-21-28(40-33(39-27)24-15-9-6-10-16-24)30(25)32(37)31(36)26(34)20-19-23-13-7-5-8-14-23/h3,5-11,13-16,22,25-28,30-32,34,36-37H,4,12,17-21H2,1-2H3/b11-3-/t25-,26+,27-,28+,30+,31-,32+/m0/s1. The van der Waals surface area contributed by atoms with E-state index in [-0.39, 0.29) is 30.2 Å². The second-order valence-corrected chi connectivity index (χ2v) is 11.3. The van der Waals surface area contributed by atoms with Crippen LogP contribution in [0.5, 0.6) is 0 Å². The first kappa shape index (κ1) is 30.5. The molecule has 2 aliphatic rings. The summed E-state index contributed by atoms with van der Waals surface area (Å²) in [7, 11) is -0.541. The number of ether oxygens (including phenoxy) is 1. The van der Waals surface area contributed by atoms with E-state index in [1.165, 1.54) is 0 Å². The zero-order valence-corrected chi connectivity index (χ0v) is 23.5. The van der Waals surface area contributed by atoms with Crippen LogP contribution in [0.2, 0.25) is 0 Å². The van der Waals surface area contributed by atoms with Gasteiger partial charge in [-0.15, -0.1) is 0 Å². The lowest BCUT2D eigenvalue weighted by Gasteiger charge is -2.33. The van der Waals surface area contributed by atoms with Crippen molar-refractivity contribution < 1.29 is 34.2 Å². The Morgan fingerprint density at radius 2 is 1.68 bits per heavy atom. The molecule has 40 heavy (non-hydrogen) atoms. The molecule has 216 valence electrons. The minimum Gasteiger partial charge on any atom is -0.463 e. The van der Waals surface area contributed by atoms with Gasteiger partial charge < -0.3 is 29.4 Å². The number of carbonyl (C=O) groups excluding carboxylic acids is 1. The van der Waals surface area contributed by atoms with E-state index >= 15 is 0 Å². The van der Waals surface area contributed by atoms with E-state index in [1.54, 1.807) is 0 Å². The lowest BCUT2D eigenvalue weighted by Crippen LogP contribution is -2.48. The van der Waals surface area contributed by atoms with Crippen LogP contribution in [-0.2, 0) is 25.3 Å². The Morgan fingerprint density at radius 3 is 2.38 bits per heavy atom. The van der Waals surface area contributed by atoms with Crippen molar-refractivity contribution in [3.05, 3.63) is 78.4 Å². The largest absolute Gasteiger partial charge is 0.494 e. The molecule has 1 aliphatic heterocycles. The van der Waals surface area contributed by atoms with Gasteiger partial charge in [0.2, 0.25) is 0 Å². The SMILES string of the molecule is CC(C)OC(=O)CCC/C=C\C[C@@H]1[C@@H]([C@@H](O)[C@@H](O)[C@H](O)CCc2ccccc2)[C@H]2C[C@@H]1OB(c1ccccc1)O2. The summed E-state index contributed by atoms with van der Waals surface area (Å²) in [5, 5.41) is 33.3. The molecule has 4 rings (SSSR count). The number of allylic oxidation sites excluding steroid dienone is 2. The molecule has 1 saturated carbocycles. The van der Waals surface area contributed by atoms with Crippen molar-refractivity contribution in [1.82, 2.24) is 0 Å². The second-order valence-electron chi connectivity index (χ2n) is 11.3. The third-order valence-electron chi connectivity index (χ3n) is 7.94. The van der Waals surface area contributed by atoms with Crippen molar-refractivity contribution in [3.8, 4) is 0 Å². The maximum Gasteiger partial charge on any atom is 0.494 e. The molecule has 8 heteroatoms. The summed E-state index contributed by atoms with van der Waals surface area (Å²) in [6, 6.07) is 19.5. The summed E-state index contributed by atoms with van der Waals surface area (Å²) in [6.45, 7) is 3.68. The van der Waals surface area contributed by atoms with Crippen molar-refractivity contribution in [3.63, 3.8) is 0 Å². The van der Waals surface area contributed by atoms with Crippen LogP contribution in [-0.4, -0.2) is 65.0 Å². The summed E-state index contributed by atoms with van der Waals surface area (Å²) in [6.07, 6.45) is 4.05. The molecule has 0 radical (unpaired) electrons. The Balaban J connectivity index is 1.40. The number of benzene rings is 2. The van der Waals surface area contributed by atoms with Crippen LogP contribution in [0, 0.1) is 11.8 Å². The quantitative estimate of drug-likeness (QED) is 0.143. The number of hydrogen-bond acceptors (Lipinski definition) is 7. The molecular weight excluding hydrogens is 507 g/mol. The first-order valence-corrected chi connectivity index (χ1v) is 14.6. The van der Waals surface area contributed by atoms with Crippen molar-refractivity contribution in [2.75, 3.05) is 0 Å². The topological polar surface area (TPSA) is 105 Å². The Hall–Kier alpha value is -2.49. The molecular formula is C32H43BO7. The van der Waals surface area contributed by atoms with Gasteiger partial charge >= 0.3 is 13.1 Å². The van der Waals surface area contributed by atoms with Gasteiger partial charge in [0.25, 0.3) is 0 Å². The van der Waals surface area contributed by atoms with Crippen molar-refractivity contribution in [2.45, 2.75) is 95.4 Å². The summed E-state index contributed by atoms with van der Waals surface area (Å²) in [5.74, 6) is -0.675. The van der Waals surface area contributed by atoms with Gasteiger partial charge in [-0.2, -0.15) is 0 Å². The molecule has 1 saturated heterocycles. The Labute approximate surface area is 238 Å². The normalized spacial score (nSPS) is 24.8. The molecule has 2 bridgehead atoms. The van der Waals surface area contributed by atoms with E-state index in [0.29, 0.717) is 38.5 Å². The summed E-state index contributed by atoms with van der Waals surface area (Å²) >= 11 is 0. The van der Waals surface area contributed by atoms with Crippen LogP contribution in [0.3, 0.4) is 0 Å². The molecule has 2 aromatic rings. The lowest BCUT2D eigenvalue weighted by molar-refractivity contribution is -0.147. The van der Waals surface area contributed by atoms with Gasteiger partial charge in [-0.05, 0) is 69.3 Å². The van der Waals surface area contributed by atoms with E-state index in [2.05, 4.69) is 12.2 Å². The van der Waals surface area contributed by atoms with E-state index in [1.807, 2.05) is 74.5 Å². The van der Waals surface area contributed by atoms with Crippen molar-refractivity contribution >= 4 is 18.6 Å². The van der Waals surface area contributed by atoms with E-state index < -0.39 is 31.3 Å². The zero-order valence-electron chi connectivity index (χ0n) is 23.5. The van der Waals surface area contributed by atoms with E-state index in [9.17, 15) is 20.1 Å². The molecule has 0 spiro atoms. The van der Waals surface area contributed by atoms with Crippen LogP contribution in [0.15, 0.2) is 72.8 Å².